The summed E-state index contributed by atoms with van der Waals surface area (Å²) in [7, 11) is 1.68. The SMILES string of the molecule is Cc1nn(C)c(NN2CCOCC2)c1[N+](=O)[O-]. The Morgan fingerprint density at radius 2 is 2.12 bits per heavy atom. The third-order valence-corrected chi connectivity index (χ3v) is 2.65. The molecule has 1 saturated heterocycles. The van der Waals surface area contributed by atoms with Crippen LogP contribution in [0.4, 0.5) is 11.5 Å². The molecule has 17 heavy (non-hydrogen) atoms. The van der Waals surface area contributed by atoms with Crippen LogP contribution in [0.25, 0.3) is 0 Å². The second-order valence-electron chi connectivity index (χ2n) is 3.87. The van der Waals surface area contributed by atoms with Crippen molar-refractivity contribution in [1.82, 2.24) is 14.8 Å². The molecule has 1 aliphatic rings. The summed E-state index contributed by atoms with van der Waals surface area (Å²) in [6.45, 7) is 4.26. The van der Waals surface area contributed by atoms with Crippen LogP contribution in [0, 0.1) is 17.0 Å². The number of aryl methyl sites for hydroxylation is 2. The molecule has 2 heterocycles. The molecule has 0 bridgehead atoms. The zero-order chi connectivity index (χ0) is 12.4. The molecule has 8 heteroatoms. The number of nitro groups is 1. The van der Waals surface area contributed by atoms with Crippen molar-refractivity contribution < 1.29 is 9.66 Å². The molecule has 0 amide bonds. The van der Waals surface area contributed by atoms with E-state index in [9.17, 15) is 10.1 Å². The van der Waals surface area contributed by atoms with E-state index in [4.69, 9.17) is 4.74 Å². The fraction of sp³-hybridized carbons (Fsp3) is 0.667. The molecule has 8 nitrogen and oxygen atoms in total. The lowest BCUT2D eigenvalue weighted by molar-refractivity contribution is -0.384. The highest BCUT2D eigenvalue weighted by atomic mass is 16.6. The van der Waals surface area contributed by atoms with Gasteiger partial charge in [0.2, 0.25) is 5.82 Å². The molecule has 0 unspecified atom stereocenters. The Labute approximate surface area is 98.3 Å². The predicted molar refractivity (Wildman–Crippen MR) is 60.6 cm³/mol. The maximum absolute atomic E-state index is 11.0. The number of ether oxygens (including phenoxy) is 1. The first-order valence-corrected chi connectivity index (χ1v) is 5.37. The Morgan fingerprint density at radius 1 is 1.47 bits per heavy atom. The van der Waals surface area contributed by atoms with Crippen LogP contribution in [0.5, 0.6) is 0 Å². The summed E-state index contributed by atoms with van der Waals surface area (Å²) in [5.74, 6) is 0.411. The Bertz CT molecular complexity index is 425. The fourth-order valence-electron chi connectivity index (χ4n) is 1.82. The van der Waals surface area contributed by atoms with Gasteiger partial charge in [0.1, 0.15) is 5.69 Å². The van der Waals surface area contributed by atoms with E-state index in [0.717, 1.165) is 0 Å². The summed E-state index contributed by atoms with van der Waals surface area (Å²) in [6, 6.07) is 0. The van der Waals surface area contributed by atoms with Crippen LogP contribution in [-0.4, -0.2) is 46.0 Å². The topological polar surface area (TPSA) is 85.5 Å². The van der Waals surface area contributed by atoms with Gasteiger partial charge in [-0.1, -0.05) is 0 Å². The van der Waals surface area contributed by atoms with Crippen molar-refractivity contribution in [2.45, 2.75) is 6.92 Å². The van der Waals surface area contributed by atoms with Gasteiger partial charge in [0.25, 0.3) is 0 Å². The van der Waals surface area contributed by atoms with Crippen molar-refractivity contribution in [3.05, 3.63) is 15.8 Å². The van der Waals surface area contributed by atoms with Crippen molar-refractivity contribution in [1.29, 1.82) is 0 Å². The number of hydrazine groups is 1. The van der Waals surface area contributed by atoms with E-state index in [1.807, 2.05) is 5.01 Å². The van der Waals surface area contributed by atoms with Gasteiger partial charge in [-0.2, -0.15) is 5.10 Å². The van der Waals surface area contributed by atoms with Gasteiger partial charge < -0.3 is 4.74 Å². The number of aromatic nitrogens is 2. The smallest absolute Gasteiger partial charge is 0.335 e. The molecule has 1 fully saturated rings. The van der Waals surface area contributed by atoms with E-state index >= 15 is 0 Å². The lowest BCUT2D eigenvalue weighted by Crippen LogP contribution is -2.40. The highest BCUT2D eigenvalue weighted by Gasteiger charge is 2.25. The largest absolute Gasteiger partial charge is 0.379 e. The molecule has 0 atom stereocenters. The van der Waals surface area contributed by atoms with Gasteiger partial charge in [0, 0.05) is 20.1 Å². The van der Waals surface area contributed by atoms with E-state index in [1.165, 1.54) is 4.68 Å². The number of nitrogens with zero attached hydrogens (tertiary/aromatic N) is 4. The van der Waals surface area contributed by atoms with Crippen LogP contribution in [0.1, 0.15) is 5.69 Å². The minimum Gasteiger partial charge on any atom is -0.379 e. The predicted octanol–water partition coefficient (Wildman–Crippen LogP) is 0.296. The Morgan fingerprint density at radius 3 is 2.71 bits per heavy atom. The minimum absolute atomic E-state index is 0.0268. The van der Waals surface area contributed by atoms with Crippen molar-refractivity contribution >= 4 is 11.5 Å². The average Bonchev–Trinajstić information content (AvgIpc) is 2.55. The maximum atomic E-state index is 11.0. The lowest BCUT2D eigenvalue weighted by Gasteiger charge is -2.27. The van der Waals surface area contributed by atoms with Crippen LogP contribution < -0.4 is 5.43 Å². The highest BCUT2D eigenvalue weighted by Crippen LogP contribution is 2.27. The van der Waals surface area contributed by atoms with Gasteiger partial charge in [-0.05, 0) is 6.92 Å². The summed E-state index contributed by atoms with van der Waals surface area (Å²) in [4.78, 5) is 10.6. The molecule has 1 aromatic heterocycles. The molecule has 0 aromatic carbocycles. The molecule has 0 spiro atoms. The minimum atomic E-state index is -0.412. The average molecular weight is 241 g/mol. The summed E-state index contributed by atoms with van der Waals surface area (Å²) in [6.07, 6.45) is 0. The second-order valence-corrected chi connectivity index (χ2v) is 3.87. The monoisotopic (exact) mass is 241 g/mol. The summed E-state index contributed by atoms with van der Waals surface area (Å²) >= 11 is 0. The van der Waals surface area contributed by atoms with E-state index in [-0.39, 0.29) is 5.69 Å². The van der Waals surface area contributed by atoms with Crippen LogP contribution in [0.15, 0.2) is 0 Å². The van der Waals surface area contributed by atoms with Gasteiger partial charge in [-0.25, -0.2) is 9.69 Å². The number of morpholine rings is 1. The Hall–Kier alpha value is -1.67. The molecule has 1 aromatic rings. The van der Waals surface area contributed by atoms with E-state index < -0.39 is 4.92 Å². The molecule has 94 valence electrons. The lowest BCUT2D eigenvalue weighted by atomic mass is 10.4. The molecule has 0 saturated carbocycles. The van der Waals surface area contributed by atoms with Crippen LogP contribution >= 0.6 is 0 Å². The molecule has 0 aliphatic carbocycles. The number of rotatable bonds is 3. The molecular formula is C9H15N5O3. The third-order valence-electron chi connectivity index (χ3n) is 2.65. The van der Waals surface area contributed by atoms with Crippen LogP contribution in [0.3, 0.4) is 0 Å². The zero-order valence-corrected chi connectivity index (χ0v) is 9.84. The van der Waals surface area contributed by atoms with Gasteiger partial charge >= 0.3 is 5.69 Å². The summed E-state index contributed by atoms with van der Waals surface area (Å²) < 4.78 is 6.70. The number of hydrogen-bond donors (Lipinski definition) is 1. The van der Waals surface area contributed by atoms with Gasteiger partial charge in [-0.3, -0.25) is 15.5 Å². The van der Waals surface area contributed by atoms with Crippen molar-refractivity contribution in [2.24, 2.45) is 7.05 Å². The molecule has 2 rings (SSSR count). The first-order chi connectivity index (χ1) is 8.09. The summed E-state index contributed by atoms with van der Waals surface area (Å²) in [5, 5.41) is 16.9. The fourth-order valence-corrected chi connectivity index (χ4v) is 1.82. The first kappa shape index (κ1) is 11.8. The maximum Gasteiger partial charge on any atom is 0.335 e. The standard InChI is InChI=1S/C9H15N5O3/c1-7-8(14(15)16)9(12(2)10-7)11-13-3-5-17-6-4-13/h11H,3-6H2,1-2H3. The van der Waals surface area contributed by atoms with Crippen molar-refractivity contribution in [2.75, 3.05) is 31.7 Å². The van der Waals surface area contributed by atoms with Crippen LogP contribution in [-0.2, 0) is 11.8 Å². The quantitative estimate of drug-likeness (QED) is 0.605. The van der Waals surface area contributed by atoms with E-state index in [1.54, 1.807) is 14.0 Å². The van der Waals surface area contributed by atoms with Gasteiger partial charge in [0.05, 0.1) is 18.1 Å². The molecule has 1 N–H and O–H groups in total. The van der Waals surface area contributed by atoms with E-state index in [0.29, 0.717) is 37.8 Å². The number of anilines is 1. The van der Waals surface area contributed by atoms with Gasteiger partial charge in [0.15, 0.2) is 0 Å². The third kappa shape index (κ3) is 2.37. The number of nitrogens with one attached hydrogen (secondary N) is 1. The zero-order valence-electron chi connectivity index (χ0n) is 9.84. The number of hydrogen-bond acceptors (Lipinski definition) is 6. The normalized spacial score (nSPS) is 17.1. The van der Waals surface area contributed by atoms with E-state index in [2.05, 4.69) is 10.5 Å². The molecule has 1 aliphatic heterocycles. The molecular weight excluding hydrogens is 226 g/mol. The van der Waals surface area contributed by atoms with Crippen molar-refractivity contribution in [3.8, 4) is 0 Å². The summed E-state index contributed by atoms with van der Waals surface area (Å²) in [5.41, 5.74) is 3.47. The Kier molecular flexibility index (Phi) is 3.25. The molecule has 0 radical (unpaired) electrons. The highest BCUT2D eigenvalue weighted by molar-refractivity contribution is 5.58. The van der Waals surface area contributed by atoms with Crippen LogP contribution in [0.2, 0.25) is 0 Å². The second kappa shape index (κ2) is 4.68. The Balaban J connectivity index is 2.21. The van der Waals surface area contributed by atoms with Gasteiger partial charge in [-0.15, -0.1) is 0 Å². The van der Waals surface area contributed by atoms with Crippen molar-refractivity contribution in [3.63, 3.8) is 0 Å². The first-order valence-electron chi connectivity index (χ1n) is 5.37.